The summed E-state index contributed by atoms with van der Waals surface area (Å²) in [5.74, 6) is 0.0511. The highest BCUT2D eigenvalue weighted by Crippen LogP contribution is 2.28. The molecule has 2 aromatic carbocycles. The van der Waals surface area contributed by atoms with Gasteiger partial charge in [-0.05, 0) is 68.7 Å². The third-order valence-corrected chi connectivity index (χ3v) is 4.16. The van der Waals surface area contributed by atoms with Crippen molar-refractivity contribution in [3.8, 4) is 11.5 Å². The van der Waals surface area contributed by atoms with E-state index in [2.05, 4.69) is 6.08 Å². The molecule has 4 heteroatoms. The van der Waals surface area contributed by atoms with E-state index >= 15 is 0 Å². The Hall–Kier alpha value is -3.01. The molecule has 0 bridgehead atoms. The third kappa shape index (κ3) is 4.54. The maximum Gasteiger partial charge on any atom is 0.227 e. The SMILES string of the molecule is COc1ccc(C(=O)/C(O)=C/c2ccc(O)cc2)c(C)c1CC=C(C)C. The van der Waals surface area contributed by atoms with Gasteiger partial charge in [0.05, 0.1) is 7.11 Å². The van der Waals surface area contributed by atoms with Crippen LogP contribution in [-0.4, -0.2) is 23.1 Å². The first-order chi connectivity index (χ1) is 12.3. The molecule has 0 saturated heterocycles. The molecule has 0 aliphatic heterocycles. The standard InChI is InChI=1S/C22H24O4/c1-14(2)5-10-18-15(3)19(11-12-21(18)26-4)22(25)20(24)13-16-6-8-17(23)9-7-16/h5-9,11-13,23-24H,10H2,1-4H3/b20-13-. The van der Waals surface area contributed by atoms with E-state index in [0.717, 1.165) is 16.9 Å². The summed E-state index contributed by atoms with van der Waals surface area (Å²) in [6, 6.07) is 9.67. The number of allylic oxidation sites excluding steroid dienone is 3. The lowest BCUT2D eigenvalue weighted by Gasteiger charge is -2.14. The van der Waals surface area contributed by atoms with Crippen molar-refractivity contribution in [3.05, 3.63) is 76.1 Å². The van der Waals surface area contributed by atoms with Crippen molar-refractivity contribution in [2.75, 3.05) is 7.11 Å². The number of benzene rings is 2. The highest BCUT2D eigenvalue weighted by atomic mass is 16.5. The summed E-state index contributed by atoms with van der Waals surface area (Å²) >= 11 is 0. The summed E-state index contributed by atoms with van der Waals surface area (Å²) in [4.78, 5) is 12.7. The topological polar surface area (TPSA) is 66.8 Å². The summed E-state index contributed by atoms with van der Waals surface area (Å²) in [7, 11) is 1.60. The number of aromatic hydroxyl groups is 1. The molecular weight excluding hydrogens is 328 g/mol. The molecular formula is C22H24O4. The van der Waals surface area contributed by atoms with Crippen LogP contribution in [-0.2, 0) is 6.42 Å². The number of hydrogen-bond donors (Lipinski definition) is 2. The van der Waals surface area contributed by atoms with E-state index in [4.69, 9.17) is 4.74 Å². The lowest BCUT2D eigenvalue weighted by Crippen LogP contribution is -2.08. The van der Waals surface area contributed by atoms with Crippen LogP contribution in [0.3, 0.4) is 0 Å². The van der Waals surface area contributed by atoms with Gasteiger partial charge in [0.2, 0.25) is 5.78 Å². The van der Waals surface area contributed by atoms with Gasteiger partial charge in [0.15, 0.2) is 5.76 Å². The van der Waals surface area contributed by atoms with Crippen molar-refractivity contribution >= 4 is 11.9 Å². The Morgan fingerprint density at radius 2 is 1.77 bits per heavy atom. The molecule has 26 heavy (non-hydrogen) atoms. The Kier molecular flexibility index (Phi) is 6.23. The number of ether oxygens (including phenoxy) is 1. The molecule has 2 N–H and O–H groups in total. The van der Waals surface area contributed by atoms with E-state index in [1.165, 1.54) is 23.8 Å². The zero-order valence-electron chi connectivity index (χ0n) is 15.5. The van der Waals surface area contributed by atoms with Gasteiger partial charge in [-0.3, -0.25) is 4.79 Å². The Bertz CT molecular complexity index is 854. The molecule has 0 fully saturated rings. The minimum atomic E-state index is -0.448. The van der Waals surface area contributed by atoms with Gasteiger partial charge in [0.1, 0.15) is 11.5 Å². The molecule has 0 aromatic heterocycles. The van der Waals surface area contributed by atoms with E-state index in [1.54, 1.807) is 31.4 Å². The van der Waals surface area contributed by atoms with Crippen molar-refractivity contribution < 1.29 is 19.7 Å². The molecule has 0 atom stereocenters. The molecule has 4 nitrogen and oxygen atoms in total. The van der Waals surface area contributed by atoms with Gasteiger partial charge in [-0.15, -0.1) is 0 Å². The zero-order chi connectivity index (χ0) is 19.3. The summed E-state index contributed by atoms with van der Waals surface area (Å²) in [5.41, 5.74) is 3.97. The smallest absolute Gasteiger partial charge is 0.227 e. The van der Waals surface area contributed by atoms with Gasteiger partial charge in [-0.2, -0.15) is 0 Å². The first-order valence-corrected chi connectivity index (χ1v) is 8.37. The molecule has 0 radical (unpaired) electrons. The normalized spacial score (nSPS) is 11.2. The molecule has 0 amide bonds. The van der Waals surface area contributed by atoms with Gasteiger partial charge in [-0.1, -0.05) is 23.8 Å². The molecule has 136 valence electrons. The average molecular weight is 352 g/mol. The number of phenolic OH excluding ortho intramolecular Hbond substituents is 1. The monoisotopic (exact) mass is 352 g/mol. The van der Waals surface area contributed by atoms with Crippen LogP contribution in [0.1, 0.15) is 40.9 Å². The van der Waals surface area contributed by atoms with Crippen molar-refractivity contribution in [1.82, 2.24) is 0 Å². The third-order valence-electron chi connectivity index (χ3n) is 4.16. The molecule has 0 saturated carbocycles. The number of methoxy groups -OCH3 is 1. The van der Waals surface area contributed by atoms with Crippen molar-refractivity contribution in [1.29, 1.82) is 0 Å². The van der Waals surface area contributed by atoms with Crippen molar-refractivity contribution in [2.45, 2.75) is 27.2 Å². The predicted molar refractivity (Wildman–Crippen MR) is 104 cm³/mol. The Morgan fingerprint density at radius 3 is 2.35 bits per heavy atom. The zero-order valence-corrected chi connectivity index (χ0v) is 15.5. The van der Waals surface area contributed by atoms with Crippen LogP contribution in [0.4, 0.5) is 0 Å². The van der Waals surface area contributed by atoms with Crippen LogP contribution < -0.4 is 4.74 Å². The number of ketones is 1. The molecule has 0 aliphatic carbocycles. The van der Waals surface area contributed by atoms with E-state index in [0.29, 0.717) is 17.5 Å². The number of rotatable bonds is 6. The minimum Gasteiger partial charge on any atom is -0.508 e. The van der Waals surface area contributed by atoms with Gasteiger partial charge in [0.25, 0.3) is 0 Å². The summed E-state index contributed by atoms with van der Waals surface area (Å²) in [6.45, 7) is 5.89. The summed E-state index contributed by atoms with van der Waals surface area (Å²) in [5, 5.41) is 19.6. The van der Waals surface area contributed by atoms with E-state index < -0.39 is 5.78 Å². The lowest BCUT2D eigenvalue weighted by atomic mass is 9.94. The van der Waals surface area contributed by atoms with Crippen molar-refractivity contribution in [2.24, 2.45) is 0 Å². The molecule has 0 unspecified atom stereocenters. The number of carbonyl (C=O) groups is 1. The maximum absolute atomic E-state index is 12.7. The number of hydrogen-bond acceptors (Lipinski definition) is 4. The second-order valence-corrected chi connectivity index (χ2v) is 6.35. The van der Waals surface area contributed by atoms with Crippen LogP contribution in [0.5, 0.6) is 11.5 Å². The second kappa shape index (κ2) is 8.39. The highest BCUT2D eigenvalue weighted by Gasteiger charge is 2.18. The summed E-state index contributed by atoms with van der Waals surface area (Å²) in [6.07, 6.45) is 4.12. The predicted octanol–water partition coefficient (Wildman–Crippen LogP) is 5.00. The van der Waals surface area contributed by atoms with E-state index in [1.807, 2.05) is 20.8 Å². The molecule has 2 rings (SSSR count). The van der Waals surface area contributed by atoms with Crippen molar-refractivity contribution in [3.63, 3.8) is 0 Å². The number of aliphatic hydroxyl groups is 1. The molecule has 0 heterocycles. The largest absolute Gasteiger partial charge is 0.508 e. The Labute approximate surface area is 154 Å². The average Bonchev–Trinajstić information content (AvgIpc) is 2.61. The van der Waals surface area contributed by atoms with Gasteiger partial charge < -0.3 is 14.9 Å². The quantitative estimate of drug-likeness (QED) is 0.332. The molecule has 0 aliphatic rings. The van der Waals surface area contributed by atoms with Crippen LogP contribution in [0.2, 0.25) is 0 Å². The fourth-order valence-electron chi connectivity index (χ4n) is 2.66. The number of phenols is 1. The van der Waals surface area contributed by atoms with Crippen LogP contribution in [0.25, 0.3) is 6.08 Å². The van der Waals surface area contributed by atoms with Gasteiger partial charge in [-0.25, -0.2) is 0 Å². The molecule has 2 aromatic rings. The van der Waals surface area contributed by atoms with Gasteiger partial charge >= 0.3 is 0 Å². The Balaban J connectivity index is 2.40. The van der Waals surface area contributed by atoms with E-state index in [-0.39, 0.29) is 11.5 Å². The lowest BCUT2D eigenvalue weighted by molar-refractivity contribution is 0.0979. The van der Waals surface area contributed by atoms with E-state index in [9.17, 15) is 15.0 Å². The van der Waals surface area contributed by atoms with Gasteiger partial charge in [0, 0.05) is 11.1 Å². The van der Waals surface area contributed by atoms with Crippen LogP contribution >= 0.6 is 0 Å². The molecule has 0 spiro atoms. The summed E-state index contributed by atoms with van der Waals surface area (Å²) < 4.78 is 5.42. The van der Waals surface area contributed by atoms with Crippen LogP contribution in [0.15, 0.2) is 53.8 Å². The minimum absolute atomic E-state index is 0.128. The van der Waals surface area contributed by atoms with Crippen LogP contribution in [0, 0.1) is 6.92 Å². The Morgan fingerprint density at radius 1 is 1.12 bits per heavy atom. The highest BCUT2D eigenvalue weighted by molar-refractivity contribution is 6.10. The number of aliphatic hydroxyl groups excluding tert-OH is 1. The number of carbonyl (C=O) groups excluding carboxylic acids is 1. The first kappa shape index (κ1) is 19.3. The second-order valence-electron chi connectivity index (χ2n) is 6.35. The fraction of sp³-hybridized carbons (Fsp3) is 0.227. The fourth-order valence-corrected chi connectivity index (χ4v) is 2.66. The maximum atomic E-state index is 12.7. The number of Topliss-reactive ketones (excluding diaryl/α,β-unsaturated/α-hetero) is 1. The first-order valence-electron chi connectivity index (χ1n) is 8.37.